The lowest BCUT2D eigenvalue weighted by atomic mass is 10.0. The molecule has 2 nitrogen and oxygen atoms in total. The zero-order valence-corrected chi connectivity index (χ0v) is 12.7. The zero-order chi connectivity index (χ0) is 14.3. The second-order valence-corrected chi connectivity index (χ2v) is 5.86. The van der Waals surface area contributed by atoms with E-state index in [4.69, 9.17) is 5.26 Å². The van der Waals surface area contributed by atoms with Gasteiger partial charge in [-0.1, -0.05) is 32.8 Å². The van der Waals surface area contributed by atoms with Crippen LogP contribution in [0.25, 0.3) is 0 Å². The molecule has 0 aliphatic heterocycles. The summed E-state index contributed by atoms with van der Waals surface area (Å²) in [6, 6.07) is 8.64. The van der Waals surface area contributed by atoms with Gasteiger partial charge >= 0.3 is 0 Å². The molecule has 104 valence electrons. The van der Waals surface area contributed by atoms with E-state index in [1.807, 2.05) is 12.1 Å². The van der Waals surface area contributed by atoms with Gasteiger partial charge in [0.05, 0.1) is 11.6 Å². The summed E-state index contributed by atoms with van der Waals surface area (Å²) in [6.45, 7) is 9.76. The maximum atomic E-state index is 8.85. The van der Waals surface area contributed by atoms with Crippen LogP contribution in [0.5, 0.6) is 0 Å². The highest BCUT2D eigenvalue weighted by Gasteiger charge is 2.04. The van der Waals surface area contributed by atoms with Gasteiger partial charge in [0.25, 0.3) is 0 Å². The molecule has 0 bridgehead atoms. The number of hydrogen-bond acceptors (Lipinski definition) is 2. The van der Waals surface area contributed by atoms with Crippen molar-refractivity contribution >= 4 is 0 Å². The number of rotatable bonds is 7. The molecule has 1 aromatic carbocycles. The van der Waals surface area contributed by atoms with Gasteiger partial charge in [0.1, 0.15) is 0 Å². The van der Waals surface area contributed by atoms with Crippen LogP contribution >= 0.6 is 0 Å². The fourth-order valence-electron chi connectivity index (χ4n) is 2.18. The third-order valence-electron chi connectivity index (χ3n) is 3.53. The lowest BCUT2D eigenvalue weighted by molar-refractivity contribution is 0.457. The average Bonchev–Trinajstić information content (AvgIpc) is 2.36. The number of nitrogens with zero attached hydrogens (tertiary/aromatic N) is 1. The first-order valence-electron chi connectivity index (χ1n) is 7.26. The molecule has 0 aliphatic carbocycles. The summed E-state index contributed by atoms with van der Waals surface area (Å²) < 4.78 is 0. The molecular weight excluding hydrogens is 232 g/mol. The zero-order valence-electron chi connectivity index (χ0n) is 12.7. The third kappa shape index (κ3) is 5.89. The smallest absolute Gasteiger partial charge is 0.0991 e. The molecule has 1 atom stereocenters. The Morgan fingerprint density at radius 1 is 1.21 bits per heavy atom. The molecule has 1 rings (SSSR count). The van der Waals surface area contributed by atoms with E-state index in [1.165, 1.54) is 30.4 Å². The van der Waals surface area contributed by atoms with Crippen molar-refractivity contribution in [2.45, 2.75) is 59.5 Å². The monoisotopic (exact) mass is 258 g/mol. The van der Waals surface area contributed by atoms with Crippen LogP contribution < -0.4 is 5.32 Å². The Bertz CT molecular complexity index is 429. The standard InChI is InChI=1S/C17H26N2/c1-13(2)6-5-7-15(4)19-12-17-9-8-16(11-18)10-14(17)3/h8-10,13,15,19H,5-7,12H2,1-4H3. The van der Waals surface area contributed by atoms with E-state index in [2.05, 4.69) is 45.1 Å². The lowest BCUT2D eigenvalue weighted by Crippen LogP contribution is -2.25. The molecule has 0 aromatic heterocycles. The Labute approximate surface area is 117 Å². The molecule has 0 saturated carbocycles. The second-order valence-electron chi connectivity index (χ2n) is 5.86. The van der Waals surface area contributed by atoms with Gasteiger partial charge in [-0.25, -0.2) is 0 Å². The molecule has 2 heteroatoms. The van der Waals surface area contributed by atoms with Crippen molar-refractivity contribution in [3.63, 3.8) is 0 Å². The molecule has 0 radical (unpaired) electrons. The molecule has 0 spiro atoms. The van der Waals surface area contributed by atoms with Crippen molar-refractivity contribution in [1.82, 2.24) is 5.32 Å². The van der Waals surface area contributed by atoms with Gasteiger partial charge in [0, 0.05) is 12.6 Å². The summed E-state index contributed by atoms with van der Waals surface area (Å²) in [5, 5.41) is 12.4. The van der Waals surface area contributed by atoms with E-state index in [1.54, 1.807) is 0 Å². The van der Waals surface area contributed by atoms with Gasteiger partial charge in [-0.05, 0) is 49.4 Å². The predicted molar refractivity (Wildman–Crippen MR) is 80.9 cm³/mol. The highest BCUT2D eigenvalue weighted by molar-refractivity contribution is 5.37. The van der Waals surface area contributed by atoms with E-state index in [9.17, 15) is 0 Å². The highest BCUT2D eigenvalue weighted by Crippen LogP contribution is 2.12. The second kappa shape index (κ2) is 7.96. The van der Waals surface area contributed by atoms with Crippen LogP contribution in [0.2, 0.25) is 0 Å². The first-order valence-corrected chi connectivity index (χ1v) is 7.26. The van der Waals surface area contributed by atoms with Crippen molar-refractivity contribution in [3.05, 3.63) is 34.9 Å². The Kier molecular flexibility index (Phi) is 6.59. The molecule has 1 N–H and O–H groups in total. The van der Waals surface area contributed by atoms with Gasteiger partial charge in [-0.3, -0.25) is 0 Å². The van der Waals surface area contributed by atoms with Crippen molar-refractivity contribution in [1.29, 1.82) is 5.26 Å². The summed E-state index contributed by atoms with van der Waals surface area (Å²) in [5.41, 5.74) is 3.22. The fraction of sp³-hybridized carbons (Fsp3) is 0.588. The van der Waals surface area contributed by atoms with Gasteiger partial charge in [0.2, 0.25) is 0 Å². The molecule has 1 aromatic rings. The normalized spacial score (nSPS) is 12.4. The number of hydrogen-bond donors (Lipinski definition) is 1. The molecule has 0 aliphatic rings. The van der Waals surface area contributed by atoms with E-state index in [-0.39, 0.29) is 0 Å². The third-order valence-corrected chi connectivity index (χ3v) is 3.53. The Balaban J connectivity index is 2.38. The number of nitriles is 1. The van der Waals surface area contributed by atoms with Crippen LogP contribution in [0.15, 0.2) is 18.2 Å². The van der Waals surface area contributed by atoms with Crippen molar-refractivity contribution in [2.75, 3.05) is 0 Å². The minimum atomic E-state index is 0.550. The van der Waals surface area contributed by atoms with E-state index >= 15 is 0 Å². The Hall–Kier alpha value is -1.33. The van der Waals surface area contributed by atoms with Crippen LogP contribution in [0.4, 0.5) is 0 Å². The van der Waals surface area contributed by atoms with Crippen LogP contribution in [-0.2, 0) is 6.54 Å². The summed E-state index contributed by atoms with van der Waals surface area (Å²) in [6.07, 6.45) is 3.83. The highest BCUT2D eigenvalue weighted by atomic mass is 14.9. The molecule has 0 fully saturated rings. The summed E-state index contributed by atoms with van der Waals surface area (Å²) >= 11 is 0. The van der Waals surface area contributed by atoms with E-state index in [0.29, 0.717) is 6.04 Å². The lowest BCUT2D eigenvalue weighted by Gasteiger charge is -2.15. The summed E-state index contributed by atoms with van der Waals surface area (Å²) in [4.78, 5) is 0. The number of benzene rings is 1. The molecule has 0 amide bonds. The van der Waals surface area contributed by atoms with E-state index in [0.717, 1.165) is 18.0 Å². The molecule has 19 heavy (non-hydrogen) atoms. The summed E-state index contributed by atoms with van der Waals surface area (Å²) in [7, 11) is 0. The first-order chi connectivity index (χ1) is 9.02. The van der Waals surface area contributed by atoms with Crippen LogP contribution in [0.1, 0.15) is 56.7 Å². The molecule has 0 heterocycles. The van der Waals surface area contributed by atoms with Crippen LogP contribution in [-0.4, -0.2) is 6.04 Å². The number of aryl methyl sites for hydroxylation is 1. The SMILES string of the molecule is Cc1cc(C#N)ccc1CNC(C)CCCC(C)C. The fourth-order valence-corrected chi connectivity index (χ4v) is 2.18. The largest absolute Gasteiger partial charge is 0.310 e. The minimum Gasteiger partial charge on any atom is -0.310 e. The maximum Gasteiger partial charge on any atom is 0.0991 e. The van der Waals surface area contributed by atoms with Crippen LogP contribution in [0, 0.1) is 24.2 Å². The maximum absolute atomic E-state index is 8.85. The topological polar surface area (TPSA) is 35.8 Å². The van der Waals surface area contributed by atoms with Crippen molar-refractivity contribution in [3.8, 4) is 6.07 Å². The molecule has 1 unspecified atom stereocenters. The van der Waals surface area contributed by atoms with Gasteiger partial charge in [-0.15, -0.1) is 0 Å². The Morgan fingerprint density at radius 3 is 2.53 bits per heavy atom. The van der Waals surface area contributed by atoms with Crippen molar-refractivity contribution < 1.29 is 0 Å². The average molecular weight is 258 g/mol. The van der Waals surface area contributed by atoms with Gasteiger partial charge < -0.3 is 5.32 Å². The van der Waals surface area contributed by atoms with Crippen LogP contribution in [0.3, 0.4) is 0 Å². The van der Waals surface area contributed by atoms with Crippen molar-refractivity contribution in [2.24, 2.45) is 5.92 Å². The molecule has 0 saturated heterocycles. The predicted octanol–water partition coefficient (Wildman–Crippen LogP) is 4.17. The first kappa shape index (κ1) is 15.7. The van der Waals surface area contributed by atoms with Gasteiger partial charge in [-0.2, -0.15) is 5.26 Å². The minimum absolute atomic E-state index is 0.550. The van der Waals surface area contributed by atoms with Gasteiger partial charge in [0.15, 0.2) is 0 Å². The molecular formula is C17H26N2. The van der Waals surface area contributed by atoms with E-state index < -0.39 is 0 Å². The Morgan fingerprint density at radius 2 is 1.95 bits per heavy atom. The number of nitrogens with one attached hydrogen (secondary N) is 1. The summed E-state index contributed by atoms with van der Waals surface area (Å²) in [5.74, 6) is 0.799. The quantitative estimate of drug-likeness (QED) is 0.796.